The molecule has 0 aliphatic carbocycles. The van der Waals surface area contributed by atoms with Crippen molar-refractivity contribution in [1.29, 1.82) is 0 Å². The largest absolute Gasteiger partial charge is 0.477 e. The quantitative estimate of drug-likeness (QED) is 0.637. The highest BCUT2D eigenvalue weighted by atomic mass is 19.4. The first-order valence-corrected chi connectivity index (χ1v) is 7.06. The average Bonchev–Trinajstić information content (AvgIpc) is 2.58. The van der Waals surface area contributed by atoms with Crippen molar-refractivity contribution in [2.45, 2.75) is 12.7 Å². The fourth-order valence-corrected chi connectivity index (χ4v) is 1.94. The lowest BCUT2D eigenvalue weighted by atomic mass is 10.1. The maximum atomic E-state index is 12.5. The monoisotopic (exact) mass is 354 g/mol. The van der Waals surface area contributed by atoms with Crippen molar-refractivity contribution >= 4 is 11.6 Å². The number of ether oxygens (including phenoxy) is 1. The van der Waals surface area contributed by atoms with Crippen molar-refractivity contribution in [3.8, 4) is 5.75 Å². The number of hydrogen-bond donors (Lipinski definition) is 1. The smallest absolute Gasteiger partial charge is 0.416 e. The average molecular weight is 354 g/mol. The van der Waals surface area contributed by atoms with Crippen LogP contribution in [-0.4, -0.2) is 17.4 Å². The Kier molecular flexibility index (Phi) is 5.58. The third kappa shape index (κ3) is 5.20. The Balaban J connectivity index is 1.86. The zero-order valence-electron chi connectivity index (χ0n) is 12.7. The van der Waals surface area contributed by atoms with E-state index in [0.29, 0.717) is 5.56 Å². The first-order chi connectivity index (χ1) is 11.8. The Morgan fingerprint density at radius 2 is 1.76 bits per heavy atom. The van der Waals surface area contributed by atoms with Crippen molar-refractivity contribution in [1.82, 2.24) is 5.32 Å². The van der Waals surface area contributed by atoms with Crippen LogP contribution in [0.1, 0.15) is 11.1 Å². The molecule has 0 saturated carbocycles. The van der Waals surface area contributed by atoms with Crippen LogP contribution in [0.2, 0.25) is 0 Å². The minimum Gasteiger partial charge on any atom is -0.477 e. The molecule has 1 amide bonds. The molecule has 1 N–H and O–H groups in total. The molecule has 2 aromatic rings. The van der Waals surface area contributed by atoms with Crippen LogP contribution < -0.4 is 10.1 Å². The first-order valence-electron chi connectivity index (χ1n) is 7.06. The van der Waals surface area contributed by atoms with Gasteiger partial charge in [0.1, 0.15) is 0 Å². The summed E-state index contributed by atoms with van der Waals surface area (Å²) in [5.74, 6) is -0.602. The number of nitrogens with zero attached hydrogens (tertiary/aromatic N) is 1. The lowest BCUT2D eigenvalue weighted by molar-refractivity contribution is -0.385. The van der Waals surface area contributed by atoms with Gasteiger partial charge in [0.15, 0.2) is 12.4 Å². The highest BCUT2D eigenvalue weighted by Crippen LogP contribution is 2.29. The van der Waals surface area contributed by atoms with Crippen LogP contribution in [0.15, 0.2) is 48.5 Å². The summed E-state index contributed by atoms with van der Waals surface area (Å²) < 4.78 is 42.5. The number of alkyl halides is 3. The number of nitro benzene ring substituents is 1. The van der Waals surface area contributed by atoms with E-state index in [1.807, 2.05) is 0 Å². The second-order valence-corrected chi connectivity index (χ2v) is 4.98. The third-order valence-electron chi connectivity index (χ3n) is 3.19. The fourth-order valence-electron chi connectivity index (χ4n) is 1.94. The maximum absolute atomic E-state index is 12.5. The van der Waals surface area contributed by atoms with E-state index in [1.54, 1.807) is 0 Å². The Morgan fingerprint density at radius 1 is 1.12 bits per heavy atom. The van der Waals surface area contributed by atoms with Gasteiger partial charge in [0, 0.05) is 12.6 Å². The summed E-state index contributed by atoms with van der Waals surface area (Å²) in [5, 5.41) is 13.3. The van der Waals surface area contributed by atoms with Gasteiger partial charge in [0.2, 0.25) is 0 Å². The van der Waals surface area contributed by atoms with Crippen LogP contribution in [0.5, 0.6) is 5.75 Å². The van der Waals surface area contributed by atoms with Gasteiger partial charge in [-0.1, -0.05) is 24.3 Å². The van der Waals surface area contributed by atoms with Gasteiger partial charge in [-0.3, -0.25) is 14.9 Å². The molecule has 0 heterocycles. The normalized spacial score (nSPS) is 11.0. The summed E-state index contributed by atoms with van der Waals surface area (Å²) in [7, 11) is 0. The minimum atomic E-state index is -4.42. The number of amides is 1. The van der Waals surface area contributed by atoms with Gasteiger partial charge in [-0.2, -0.15) is 13.2 Å². The molecule has 0 saturated heterocycles. The predicted octanol–water partition coefficient (Wildman–Crippen LogP) is 3.31. The van der Waals surface area contributed by atoms with Crippen LogP contribution in [-0.2, 0) is 17.5 Å². The third-order valence-corrected chi connectivity index (χ3v) is 3.19. The summed E-state index contributed by atoms with van der Waals surface area (Å²) >= 11 is 0. The van der Waals surface area contributed by atoms with Gasteiger partial charge in [0.05, 0.1) is 10.5 Å². The molecule has 0 fully saturated rings. The molecule has 0 unspecified atom stereocenters. The molecular weight excluding hydrogens is 341 g/mol. The van der Waals surface area contributed by atoms with Gasteiger partial charge in [0.25, 0.3) is 5.91 Å². The van der Waals surface area contributed by atoms with E-state index in [4.69, 9.17) is 4.74 Å². The Morgan fingerprint density at radius 3 is 2.36 bits per heavy atom. The topological polar surface area (TPSA) is 81.5 Å². The van der Waals surface area contributed by atoms with Crippen LogP contribution in [0.4, 0.5) is 18.9 Å². The van der Waals surface area contributed by atoms with E-state index in [1.165, 1.54) is 36.4 Å². The van der Waals surface area contributed by atoms with E-state index in [-0.39, 0.29) is 18.0 Å². The zero-order chi connectivity index (χ0) is 18.4. The highest BCUT2D eigenvalue weighted by Gasteiger charge is 2.29. The fraction of sp³-hybridized carbons (Fsp3) is 0.188. The minimum absolute atomic E-state index is 0.0111. The van der Waals surface area contributed by atoms with Crippen molar-refractivity contribution in [3.05, 3.63) is 69.8 Å². The Bertz CT molecular complexity index is 761. The number of nitrogens with one attached hydrogen (secondary N) is 1. The number of para-hydroxylation sites is 2. The summed E-state index contributed by atoms with van der Waals surface area (Å²) in [6.07, 6.45) is -4.42. The van der Waals surface area contributed by atoms with Gasteiger partial charge < -0.3 is 10.1 Å². The number of carbonyl (C=O) groups is 1. The number of nitro groups is 1. The van der Waals surface area contributed by atoms with Gasteiger partial charge in [-0.25, -0.2) is 0 Å². The molecule has 0 bridgehead atoms. The van der Waals surface area contributed by atoms with Crippen molar-refractivity contribution < 1.29 is 27.6 Å². The Hall–Kier alpha value is -3.10. The van der Waals surface area contributed by atoms with Crippen molar-refractivity contribution in [3.63, 3.8) is 0 Å². The molecule has 9 heteroatoms. The van der Waals surface area contributed by atoms with Crippen molar-refractivity contribution in [2.75, 3.05) is 6.61 Å². The molecule has 25 heavy (non-hydrogen) atoms. The van der Waals surface area contributed by atoms with Crippen LogP contribution in [0.3, 0.4) is 0 Å². The molecule has 2 aromatic carbocycles. The number of rotatable bonds is 6. The molecule has 0 atom stereocenters. The molecule has 0 aromatic heterocycles. The molecule has 0 aliphatic rings. The van der Waals surface area contributed by atoms with E-state index >= 15 is 0 Å². The van der Waals surface area contributed by atoms with E-state index in [9.17, 15) is 28.1 Å². The highest BCUT2D eigenvalue weighted by molar-refractivity contribution is 5.77. The molecule has 2 rings (SSSR count). The molecule has 6 nitrogen and oxygen atoms in total. The molecule has 0 spiro atoms. The molecule has 0 radical (unpaired) electrons. The predicted molar refractivity (Wildman–Crippen MR) is 81.9 cm³/mol. The molecular formula is C16H13F3N2O4. The van der Waals surface area contributed by atoms with Crippen LogP contribution in [0, 0.1) is 10.1 Å². The number of benzene rings is 2. The van der Waals surface area contributed by atoms with Crippen LogP contribution >= 0.6 is 0 Å². The molecule has 0 aliphatic heterocycles. The summed E-state index contributed by atoms with van der Waals surface area (Å²) in [6, 6.07) is 9.96. The summed E-state index contributed by atoms with van der Waals surface area (Å²) in [6.45, 7) is -0.442. The second-order valence-electron chi connectivity index (χ2n) is 4.98. The molecule has 132 valence electrons. The maximum Gasteiger partial charge on any atom is 0.416 e. The van der Waals surface area contributed by atoms with Crippen LogP contribution in [0.25, 0.3) is 0 Å². The number of hydrogen-bond acceptors (Lipinski definition) is 4. The summed E-state index contributed by atoms with van der Waals surface area (Å²) in [4.78, 5) is 21.9. The zero-order valence-corrected chi connectivity index (χ0v) is 12.7. The van der Waals surface area contributed by atoms with Crippen molar-refractivity contribution in [2.24, 2.45) is 0 Å². The van der Waals surface area contributed by atoms with E-state index < -0.39 is 29.2 Å². The first kappa shape index (κ1) is 18.2. The summed E-state index contributed by atoms with van der Waals surface area (Å²) in [5.41, 5.74) is -0.563. The standard InChI is InChI=1S/C16H13F3N2O4/c17-16(18,19)12-7-5-11(6-8-12)9-20-15(22)10-25-14-4-2-1-3-13(14)21(23)24/h1-8H,9-10H2,(H,20,22). The Labute approximate surface area is 140 Å². The van der Waals surface area contributed by atoms with Gasteiger partial charge in [-0.15, -0.1) is 0 Å². The lowest BCUT2D eigenvalue weighted by Gasteiger charge is -2.09. The number of halogens is 3. The van der Waals surface area contributed by atoms with Gasteiger partial charge >= 0.3 is 11.9 Å². The van der Waals surface area contributed by atoms with Gasteiger partial charge in [-0.05, 0) is 23.8 Å². The van der Waals surface area contributed by atoms with E-state index in [2.05, 4.69) is 5.32 Å². The van der Waals surface area contributed by atoms with E-state index in [0.717, 1.165) is 12.1 Å². The second kappa shape index (κ2) is 7.65. The SMILES string of the molecule is O=C(COc1ccccc1[N+](=O)[O-])NCc1ccc(C(F)(F)F)cc1. The lowest BCUT2D eigenvalue weighted by Crippen LogP contribution is -2.28. The number of carbonyl (C=O) groups excluding carboxylic acids is 1.